The van der Waals surface area contributed by atoms with Gasteiger partial charge in [0.1, 0.15) is 11.9 Å². The summed E-state index contributed by atoms with van der Waals surface area (Å²) in [5, 5.41) is 2.61. The van der Waals surface area contributed by atoms with Crippen molar-refractivity contribution in [2.24, 2.45) is 4.99 Å². The molecule has 2 aliphatic heterocycles. The van der Waals surface area contributed by atoms with Crippen LogP contribution in [0.3, 0.4) is 0 Å². The highest BCUT2D eigenvalue weighted by Crippen LogP contribution is 2.29. The number of amides is 2. The Balaban J connectivity index is 1.49. The molecule has 0 saturated carbocycles. The first-order valence-electron chi connectivity index (χ1n) is 9.89. The smallest absolute Gasteiger partial charge is 0.414 e. The molecule has 2 aromatic carbocycles. The van der Waals surface area contributed by atoms with Gasteiger partial charge in [0.05, 0.1) is 18.8 Å². The summed E-state index contributed by atoms with van der Waals surface area (Å²) in [6.45, 7) is 5.53. The molecular formula is C22H23FN4O4. The summed E-state index contributed by atoms with van der Waals surface area (Å²) in [5.74, 6) is -0.0409. The van der Waals surface area contributed by atoms with Gasteiger partial charge in [-0.3, -0.25) is 9.69 Å². The molecule has 0 bridgehead atoms. The minimum Gasteiger partial charge on any atom is -0.442 e. The summed E-state index contributed by atoms with van der Waals surface area (Å²) in [6, 6.07) is 11.9. The molecule has 0 radical (unpaired) electrons. The van der Waals surface area contributed by atoms with E-state index >= 15 is 0 Å². The van der Waals surface area contributed by atoms with E-state index in [2.05, 4.69) is 15.8 Å². The van der Waals surface area contributed by atoms with Crippen molar-refractivity contribution in [1.82, 2.24) is 10.8 Å². The summed E-state index contributed by atoms with van der Waals surface area (Å²) >= 11 is 0. The molecule has 2 heterocycles. The van der Waals surface area contributed by atoms with Crippen LogP contribution in [0.2, 0.25) is 0 Å². The second-order valence-corrected chi connectivity index (χ2v) is 7.91. The zero-order valence-corrected chi connectivity index (χ0v) is 17.4. The third kappa shape index (κ3) is 4.51. The summed E-state index contributed by atoms with van der Waals surface area (Å²) < 4.78 is 20.1. The van der Waals surface area contributed by atoms with Crippen LogP contribution >= 0.6 is 0 Å². The van der Waals surface area contributed by atoms with Gasteiger partial charge in [-0.25, -0.2) is 24.5 Å². The van der Waals surface area contributed by atoms with Gasteiger partial charge < -0.3 is 10.1 Å². The molecule has 2 N–H and O–H groups in total. The topological polar surface area (TPSA) is 92.3 Å². The first-order chi connectivity index (χ1) is 14.7. The van der Waals surface area contributed by atoms with Crippen molar-refractivity contribution in [2.75, 3.05) is 18.0 Å². The lowest BCUT2D eigenvalue weighted by Crippen LogP contribution is -2.33. The third-order valence-corrected chi connectivity index (χ3v) is 4.96. The van der Waals surface area contributed by atoms with Crippen molar-refractivity contribution < 1.29 is 23.6 Å². The summed E-state index contributed by atoms with van der Waals surface area (Å²) in [7, 11) is 0. The van der Waals surface area contributed by atoms with Crippen LogP contribution < -0.4 is 15.7 Å². The molecule has 2 amide bonds. The number of carbonyl (C=O) groups is 2. The molecule has 162 valence electrons. The van der Waals surface area contributed by atoms with E-state index in [4.69, 9.17) is 9.57 Å². The number of hydroxylamine groups is 1. The van der Waals surface area contributed by atoms with Crippen molar-refractivity contribution in [2.45, 2.75) is 32.6 Å². The molecule has 9 heteroatoms. The monoisotopic (exact) mass is 426 g/mol. The number of hydrogen-bond donors (Lipinski definition) is 2. The van der Waals surface area contributed by atoms with E-state index in [-0.39, 0.29) is 19.0 Å². The molecule has 1 fully saturated rings. The van der Waals surface area contributed by atoms with Crippen LogP contribution in [0.4, 0.5) is 14.9 Å². The summed E-state index contributed by atoms with van der Waals surface area (Å²) in [5.41, 5.74) is 4.50. The van der Waals surface area contributed by atoms with Crippen molar-refractivity contribution >= 4 is 23.5 Å². The van der Waals surface area contributed by atoms with E-state index in [9.17, 15) is 14.0 Å². The number of rotatable bonds is 5. The highest BCUT2D eigenvalue weighted by Gasteiger charge is 2.32. The van der Waals surface area contributed by atoms with Gasteiger partial charge in [0.15, 0.2) is 11.6 Å². The largest absolute Gasteiger partial charge is 0.442 e. The molecule has 0 aliphatic carbocycles. The fourth-order valence-corrected chi connectivity index (χ4v) is 3.42. The van der Waals surface area contributed by atoms with E-state index in [1.54, 1.807) is 24.3 Å². The van der Waals surface area contributed by atoms with Gasteiger partial charge in [-0.1, -0.05) is 24.3 Å². The molecule has 2 aliphatic rings. The number of cyclic esters (lactones) is 1. The fraction of sp³-hybridized carbons (Fsp3) is 0.318. The Bertz CT molecular complexity index is 1050. The van der Waals surface area contributed by atoms with Gasteiger partial charge in [0.2, 0.25) is 5.91 Å². The first kappa shape index (κ1) is 20.8. The Morgan fingerprint density at radius 1 is 1.26 bits per heavy atom. The number of benzene rings is 2. The number of nitrogens with zero attached hydrogens (tertiary/aromatic N) is 2. The lowest BCUT2D eigenvalue weighted by atomic mass is 10.0. The fourth-order valence-electron chi connectivity index (χ4n) is 3.42. The van der Waals surface area contributed by atoms with Crippen LogP contribution in [0.1, 0.15) is 26.3 Å². The van der Waals surface area contributed by atoms with Crippen molar-refractivity contribution in [3.8, 4) is 11.1 Å². The predicted octanol–water partition coefficient (Wildman–Crippen LogP) is 2.97. The van der Waals surface area contributed by atoms with Crippen LogP contribution in [0.5, 0.6) is 0 Å². The van der Waals surface area contributed by atoms with Crippen LogP contribution in [0, 0.1) is 5.82 Å². The van der Waals surface area contributed by atoms with Gasteiger partial charge in [0.25, 0.3) is 0 Å². The number of halogens is 1. The van der Waals surface area contributed by atoms with Gasteiger partial charge in [0, 0.05) is 18.1 Å². The van der Waals surface area contributed by atoms with Crippen LogP contribution in [-0.4, -0.2) is 42.8 Å². The molecule has 2 aromatic rings. The standard InChI is InChI=1S/C22H23FN4O4/c1-13(28)24-11-17-12-27(21(29)30-17)16-8-9-18(19(23)10-16)14-4-6-15(7-5-14)20-25-22(2,3)31-26-20/h4-10,17H,11-12H2,1-3H3,(H,24,28)(H,25,26). The molecule has 1 atom stereocenters. The number of carbonyl (C=O) groups excluding carboxylic acids is 2. The predicted molar refractivity (Wildman–Crippen MR) is 113 cm³/mol. The van der Waals surface area contributed by atoms with E-state index in [1.807, 2.05) is 26.0 Å². The Kier molecular flexibility index (Phi) is 5.36. The van der Waals surface area contributed by atoms with Gasteiger partial charge in [-0.05, 0) is 37.6 Å². The van der Waals surface area contributed by atoms with Gasteiger partial charge in [-0.2, -0.15) is 0 Å². The minimum atomic E-state index is -0.631. The average Bonchev–Trinajstić information content (AvgIpc) is 3.28. The lowest BCUT2D eigenvalue weighted by Gasteiger charge is -2.14. The average molecular weight is 426 g/mol. The first-order valence-corrected chi connectivity index (χ1v) is 9.89. The number of ether oxygens (including phenoxy) is 1. The Labute approximate surface area is 179 Å². The number of hydrogen-bond acceptors (Lipinski definition) is 6. The Morgan fingerprint density at radius 3 is 2.58 bits per heavy atom. The Hall–Kier alpha value is -3.46. The molecule has 8 nitrogen and oxygen atoms in total. The maximum atomic E-state index is 14.9. The van der Waals surface area contributed by atoms with E-state index in [0.717, 1.165) is 5.56 Å². The second-order valence-electron chi connectivity index (χ2n) is 7.91. The lowest BCUT2D eigenvalue weighted by molar-refractivity contribution is -0.119. The van der Waals surface area contributed by atoms with Gasteiger partial charge in [-0.15, -0.1) is 0 Å². The third-order valence-electron chi connectivity index (χ3n) is 4.96. The van der Waals surface area contributed by atoms with Crippen molar-refractivity contribution in [3.05, 3.63) is 53.8 Å². The SMILES string of the molecule is CC(=O)NCC1CN(c2ccc(-c3ccc(C4=NC(C)(C)ON4)cc3)c(F)c2)C(=O)O1. The molecule has 31 heavy (non-hydrogen) atoms. The highest BCUT2D eigenvalue weighted by molar-refractivity contribution is 5.99. The summed E-state index contributed by atoms with van der Waals surface area (Å²) in [6.07, 6.45) is -1.05. The zero-order chi connectivity index (χ0) is 22.2. The van der Waals surface area contributed by atoms with E-state index in [1.165, 1.54) is 17.9 Å². The quantitative estimate of drug-likeness (QED) is 0.767. The summed E-state index contributed by atoms with van der Waals surface area (Å²) in [4.78, 5) is 34.4. The Morgan fingerprint density at radius 2 is 1.97 bits per heavy atom. The maximum absolute atomic E-state index is 14.9. The molecule has 1 saturated heterocycles. The van der Waals surface area contributed by atoms with E-state index in [0.29, 0.717) is 22.6 Å². The molecule has 0 spiro atoms. The molecular weight excluding hydrogens is 403 g/mol. The van der Waals surface area contributed by atoms with Gasteiger partial charge >= 0.3 is 6.09 Å². The van der Waals surface area contributed by atoms with Crippen LogP contribution in [0.25, 0.3) is 11.1 Å². The normalized spacial score (nSPS) is 19.6. The second kappa shape index (κ2) is 7.99. The molecule has 0 aromatic heterocycles. The minimum absolute atomic E-state index is 0.206. The zero-order valence-electron chi connectivity index (χ0n) is 17.4. The number of aliphatic imine (C=N–C) groups is 1. The van der Waals surface area contributed by atoms with Crippen LogP contribution in [0.15, 0.2) is 47.5 Å². The highest BCUT2D eigenvalue weighted by atomic mass is 19.1. The number of nitrogens with one attached hydrogen (secondary N) is 2. The number of anilines is 1. The van der Waals surface area contributed by atoms with Crippen molar-refractivity contribution in [3.63, 3.8) is 0 Å². The molecule has 1 unspecified atom stereocenters. The molecule has 4 rings (SSSR count). The maximum Gasteiger partial charge on any atom is 0.414 e. The van der Waals surface area contributed by atoms with Crippen molar-refractivity contribution in [1.29, 1.82) is 0 Å². The number of amidine groups is 1. The van der Waals surface area contributed by atoms with Crippen LogP contribution in [-0.2, 0) is 14.4 Å². The van der Waals surface area contributed by atoms with E-state index < -0.39 is 23.7 Å².